The molecule has 1 amide bonds. The molecule has 0 spiro atoms. The molecule has 1 heterocycles. The summed E-state index contributed by atoms with van der Waals surface area (Å²) in [4.78, 5) is 14.7. The second-order valence-electron chi connectivity index (χ2n) is 7.81. The molecule has 2 atom stereocenters. The van der Waals surface area contributed by atoms with Crippen LogP contribution in [0.25, 0.3) is 0 Å². The van der Waals surface area contributed by atoms with Gasteiger partial charge in [0.2, 0.25) is 10.0 Å². The number of nitrogens with zero attached hydrogens (tertiary/aromatic N) is 1. The van der Waals surface area contributed by atoms with Crippen molar-refractivity contribution in [1.82, 2.24) is 9.62 Å². The molecule has 0 radical (unpaired) electrons. The Kier molecular flexibility index (Phi) is 7.24. The zero-order valence-corrected chi connectivity index (χ0v) is 19.0. The van der Waals surface area contributed by atoms with E-state index >= 15 is 0 Å². The zero-order valence-electron chi connectivity index (χ0n) is 17.5. The number of carbonyl (C=O) groups is 1. The number of rotatable bonds is 8. The fourth-order valence-corrected chi connectivity index (χ4v) is 4.49. The van der Waals surface area contributed by atoms with Crippen LogP contribution in [0.5, 0.6) is 0 Å². The Morgan fingerprint density at radius 3 is 2.42 bits per heavy atom. The van der Waals surface area contributed by atoms with Gasteiger partial charge in [-0.1, -0.05) is 35.9 Å². The molecule has 0 bridgehead atoms. The monoisotopic (exact) mass is 468 g/mol. The topological polar surface area (TPSA) is 75.7 Å². The van der Waals surface area contributed by atoms with Crippen LogP contribution in [-0.4, -0.2) is 38.8 Å². The van der Waals surface area contributed by atoms with Crippen molar-refractivity contribution in [3.05, 3.63) is 70.5 Å². The highest BCUT2D eigenvalue weighted by molar-refractivity contribution is 7.88. The van der Waals surface area contributed by atoms with Crippen LogP contribution in [-0.2, 0) is 20.4 Å². The first kappa shape index (κ1) is 23.5. The van der Waals surface area contributed by atoms with Gasteiger partial charge in [-0.25, -0.2) is 22.3 Å². The number of hydrogen-bond donors (Lipinski definition) is 1. The Balaban J connectivity index is 1.78. The van der Waals surface area contributed by atoms with E-state index in [2.05, 4.69) is 4.72 Å². The lowest BCUT2D eigenvalue weighted by Gasteiger charge is -2.43. The highest BCUT2D eigenvalue weighted by Gasteiger charge is 2.43. The lowest BCUT2D eigenvalue weighted by atomic mass is 9.84. The first-order chi connectivity index (χ1) is 14.6. The van der Waals surface area contributed by atoms with Crippen LogP contribution < -0.4 is 4.72 Å². The van der Waals surface area contributed by atoms with Gasteiger partial charge in [-0.2, -0.15) is 0 Å². The molecular formula is C22H26ClFN2O4S. The van der Waals surface area contributed by atoms with Crippen LogP contribution in [0.3, 0.4) is 0 Å². The molecular weight excluding hydrogens is 443 g/mol. The summed E-state index contributed by atoms with van der Waals surface area (Å²) in [5.74, 6) is -0.377. The molecule has 1 aliphatic rings. The largest absolute Gasteiger partial charge is 0.438 e. The molecule has 6 nitrogen and oxygen atoms in total. The number of amides is 1. The van der Waals surface area contributed by atoms with Crippen molar-refractivity contribution in [2.45, 2.75) is 37.8 Å². The number of sulfonamides is 1. The molecule has 1 aliphatic heterocycles. The van der Waals surface area contributed by atoms with Gasteiger partial charge >= 0.3 is 6.09 Å². The molecule has 1 saturated heterocycles. The Labute approximate surface area is 187 Å². The van der Waals surface area contributed by atoms with E-state index in [9.17, 15) is 17.6 Å². The third-order valence-electron chi connectivity index (χ3n) is 5.59. The van der Waals surface area contributed by atoms with Crippen LogP contribution in [0.1, 0.15) is 43.4 Å². The van der Waals surface area contributed by atoms with Crippen molar-refractivity contribution in [2.75, 3.05) is 19.3 Å². The SMILES string of the molecule is C[C@@H](c1ccc(Cl)cc1)N1CCC(CCCNS(C)(=O)=O)(c2ccc(F)cc2)OC1=O. The van der Waals surface area contributed by atoms with E-state index in [0.29, 0.717) is 36.4 Å². The summed E-state index contributed by atoms with van der Waals surface area (Å²) >= 11 is 5.96. The summed E-state index contributed by atoms with van der Waals surface area (Å²) in [6.45, 7) is 2.59. The highest BCUT2D eigenvalue weighted by Crippen LogP contribution is 2.40. The number of hydrogen-bond acceptors (Lipinski definition) is 4. The number of halogens is 2. The highest BCUT2D eigenvalue weighted by atomic mass is 35.5. The van der Waals surface area contributed by atoms with E-state index in [4.69, 9.17) is 16.3 Å². The number of ether oxygens (including phenoxy) is 1. The normalized spacial score (nSPS) is 20.4. The van der Waals surface area contributed by atoms with Crippen LogP contribution in [0.4, 0.5) is 9.18 Å². The van der Waals surface area contributed by atoms with Crippen LogP contribution >= 0.6 is 11.6 Å². The van der Waals surface area contributed by atoms with Crippen molar-refractivity contribution >= 4 is 27.7 Å². The zero-order chi connectivity index (χ0) is 22.6. The second kappa shape index (κ2) is 9.54. The van der Waals surface area contributed by atoms with Crippen molar-refractivity contribution < 1.29 is 22.3 Å². The maximum absolute atomic E-state index is 13.5. The van der Waals surface area contributed by atoms with Gasteiger partial charge in [-0.05, 0) is 55.2 Å². The quantitative estimate of drug-likeness (QED) is 0.574. The summed E-state index contributed by atoms with van der Waals surface area (Å²) in [5, 5.41) is 0.621. The van der Waals surface area contributed by atoms with Gasteiger partial charge in [0.05, 0.1) is 12.3 Å². The predicted molar refractivity (Wildman–Crippen MR) is 118 cm³/mol. The fraction of sp³-hybridized carbons (Fsp3) is 0.409. The van der Waals surface area contributed by atoms with Crippen molar-refractivity contribution in [1.29, 1.82) is 0 Å². The van der Waals surface area contributed by atoms with Crippen LogP contribution in [0.2, 0.25) is 5.02 Å². The van der Waals surface area contributed by atoms with Crippen molar-refractivity contribution in [3.63, 3.8) is 0 Å². The third-order valence-corrected chi connectivity index (χ3v) is 6.57. The van der Waals surface area contributed by atoms with Gasteiger partial charge < -0.3 is 9.64 Å². The molecule has 0 saturated carbocycles. The van der Waals surface area contributed by atoms with E-state index in [1.54, 1.807) is 29.2 Å². The van der Waals surface area contributed by atoms with Gasteiger partial charge in [0.25, 0.3) is 0 Å². The van der Waals surface area contributed by atoms with Gasteiger partial charge in [0.15, 0.2) is 0 Å². The average Bonchev–Trinajstić information content (AvgIpc) is 2.71. The van der Waals surface area contributed by atoms with E-state index in [0.717, 1.165) is 11.8 Å². The third kappa shape index (κ3) is 5.96. The average molecular weight is 469 g/mol. The lowest BCUT2D eigenvalue weighted by molar-refractivity contribution is -0.0662. The number of cyclic esters (lactones) is 1. The molecule has 2 aromatic carbocycles. The fourth-order valence-electron chi connectivity index (χ4n) is 3.85. The van der Waals surface area contributed by atoms with Gasteiger partial charge in [0, 0.05) is 24.5 Å². The van der Waals surface area contributed by atoms with Gasteiger partial charge in [-0.15, -0.1) is 0 Å². The molecule has 31 heavy (non-hydrogen) atoms. The van der Waals surface area contributed by atoms with Crippen LogP contribution in [0, 0.1) is 5.82 Å². The predicted octanol–water partition coefficient (Wildman–Crippen LogP) is 4.61. The number of nitrogens with one attached hydrogen (secondary N) is 1. The molecule has 1 unspecified atom stereocenters. The standard InChI is InChI=1S/C22H26ClFN2O4S/c1-16(17-4-8-19(23)9-5-17)26-15-13-22(30-21(26)27,12-3-14-25-31(2,28)29)18-6-10-20(24)11-7-18/h4-11,16,25H,3,12-15H2,1-2H3/t16-,22?/m0/s1. The summed E-state index contributed by atoms with van der Waals surface area (Å²) < 4.78 is 44.6. The first-order valence-corrected chi connectivity index (χ1v) is 12.3. The van der Waals surface area contributed by atoms with Crippen LogP contribution in [0.15, 0.2) is 48.5 Å². The summed E-state index contributed by atoms with van der Waals surface area (Å²) in [5.41, 5.74) is 0.689. The number of benzene rings is 2. The van der Waals surface area contributed by atoms with E-state index in [-0.39, 0.29) is 18.4 Å². The smallest absolute Gasteiger partial charge is 0.411 e. The molecule has 168 valence electrons. The Hall–Kier alpha value is -2.16. The van der Waals surface area contributed by atoms with E-state index in [1.165, 1.54) is 12.1 Å². The Morgan fingerprint density at radius 2 is 1.84 bits per heavy atom. The second-order valence-corrected chi connectivity index (χ2v) is 10.1. The Bertz CT molecular complexity index is 1010. The summed E-state index contributed by atoms with van der Waals surface area (Å²) in [7, 11) is -3.31. The molecule has 0 aliphatic carbocycles. The lowest BCUT2D eigenvalue weighted by Crippen LogP contribution is -2.49. The maximum Gasteiger partial charge on any atom is 0.411 e. The summed E-state index contributed by atoms with van der Waals surface area (Å²) in [6.07, 6.45) is 2.01. The summed E-state index contributed by atoms with van der Waals surface area (Å²) in [6, 6.07) is 13.0. The molecule has 2 aromatic rings. The minimum absolute atomic E-state index is 0.206. The molecule has 1 fully saturated rings. The minimum Gasteiger partial charge on any atom is -0.438 e. The molecule has 3 rings (SSSR count). The first-order valence-electron chi connectivity index (χ1n) is 10.1. The number of carbonyl (C=O) groups excluding carboxylic acids is 1. The van der Waals surface area contributed by atoms with Gasteiger partial charge in [-0.3, -0.25) is 0 Å². The van der Waals surface area contributed by atoms with Gasteiger partial charge in [0.1, 0.15) is 11.4 Å². The van der Waals surface area contributed by atoms with E-state index < -0.39 is 21.7 Å². The van der Waals surface area contributed by atoms with E-state index in [1.807, 2.05) is 19.1 Å². The molecule has 0 aromatic heterocycles. The van der Waals surface area contributed by atoms with Crippen molar-refractivity contribution in [3.8, 4) is 0 Å². The Morgan fingerprint density at radius 1 is 1.19 bits per heavy atom. The molecule has 1 N–H and O–H groups in total. The molecule has 9 heteroatoms. The van der Waals surface area contributed by atoms with Crippen molar-refractivity contribution in [2.24, 2.45) is 0 Å². The maximum atomic E-state index is 13.5. The minimum atomic E-state index is -3.31.